The molecule has 0 N–H and O–H groups in total. The Kier molecular flexibility index (Phi) is 4.89. The summed E-state index contributed by atoms with van der Waals surface area (Å²) in [5, 5.41) is 14.9. The summed E-state index contributed by atoms with van der Waals surface area (Å²) >= 11 is 2.28. The molecule has 0 spiro atoms. The Morgan fingerprint density at radius 1 is 0.800 bits per heavy atom. The molecule has 0 atom stereocenters. The minimum Gasteiger partial charge on any atom is -0.289 e. The molecule has 153 valence electrons. The molecule has 1 radical (unpaired) electrons. The van der Waals surface area contributed by atoms with Crippen molar-refractivity contribution in [2.75, 3.05) is 0 Å². The molecule has 0 heterocycles. The van der Waals surface area contributed by atoms with Crippen LogP contribution in [0.25, 0.3) is 28.0 Å². The van der Waals surface area contributed by atoms with Crippen LogP contribution in [-0.4, -0.2) is 5.78 Å². The van der Waals surface area contributed by atoms with Gasteiger partial charge in [0.25, 0.3) is 0 Å². The lowest BCUT2D eigenvalue weighted by Crippen LogP contribution is -2.21. The summed E-state index contributed by atoms with van der Waals surface area (Å²) in [6.45, 7) is 12.4. The van der Waals surface area contributed by atoms with Gasteiger partial charge < -0.3 is 0 Å². The molecule has 4 rings (SSSR count). The average Bonchev–Trinajstić information content (AvgIpc) is 2.64. The molecule has 3 heteroatoms. The number of carbonyl (C=O) groups is 1. The Bertz CT molecular complexity index is 1220. The van der Waals surface area contributed by atoms with Crippen LogP contribution in [0.15, 0.2) is 48.0 Å². The second-order valence-corrected chi connectivity index (χ2v) is 11.4. The highest BCUT2D eigenvalue weighted by molar-refractivity contribution is 14.1. The topological polar surface area (TPSA) is 37.0 Å². The highest BCUT2D eigenvalue weighted by Gasteiger charge is 2.33. The molecule has 0 aliphatic heterocycles. The predicted molar refractivity (Wildman–Crippen MR) is 133 cm³/mol. The van der Waals surface area contributed by atoms with E-state index in [-0.39, 0.29) is 22.4 Å². The van der Waals surface area contributed by atoms with Gasteiger partial charge in [-0.15, -0.1) is 0 Å². The lowest BCUT2D eigenvalue weighted by molar-refractivity contribution is 0.101. The summed E-state index contributed by atoms with van der Waals surface area (Å²) in [7, 11) is 0. The van der Waals surface area contributed by atoms with Gasteiger partial charge in [0.05, 0.1) is 0 Å². The van der Waals surface area contributed by atoms with E-state index in [0.29, 0.717) is 10.9 Å². The van der Waals surface area contributed by atoms with Crippen LogP contribution >= 0.6 is 22.6 Å². The monoisotopic (exact) mass is 509 g/mol. The van der Waals surface area contributed by atoms with E-state index in [1.165, 1.54) is 0 Å². The van der Waals surface area contributed by atoms with Crippen LogP contribution in [0.1, 0.15) is 63.0 Å². The van der Waals surface area contributed by atoms with Crippen LogP contribution < -0.4 is 0 Å². The Labute approximate surface area is 192 Å². The summed E-state index contributed by atoms with van der Waals surface area (Å²) in [6.07, 6.45) is 2.00. The van der Waals surface area contributed by atoms with E-state index in [2.05, 4.69) is 64.1 Å². The second-order valence-electron chi connectivity index (χ2n) is 10.2. The Morgan fingerprint density at radius 3 is 2.00 bits per heavy atom. The number of rotatable bonds is 1. The number of hydrogen-bond donors (Lipinski definition) is 0. The van der Waals surface area contributed by atoms with E-state index in [9.17, 15) is 9.90 Å². The van der Waals surface area contributed by atoms with Gasteiger partial charge in [0, 0.05) is 31.0 Å². The molecular weight excluding hydrogens is 483 g/mol. The summed E-state index contributed by atoms with van der Waals surface area (Å²) < 4.78 is 1.15. The van der Waals surface area contributed by atoms with E-state index in [0.717, 1.165) is 36.8 Å². The third-order valence-electron chi connectivity index (χ3n) is 5.80. The number of hydrogen-bond acceptors (Lipinski definition) is 1. The van der Waals surface area contributed by atoms with Gasteiger partial charge in [-0.25, -0.2) is 0 Å². The summed E-state index contributed by atoms with van der Waals surface area (Å²) in [6, 6.07) is 14.1. The first-order valence-corrected chi connectivity index (χ1v) is 11.3. The number of allylic oxidation sites excluding steroid dienone is 1. The lowest BCUT2D eigenvalue weighted by atomic mass is 9.74. The first-order valence-electron chi connectivity index (χ1n) is 10.2. The highest BCUT2D eigenvalue weighted by Crippen LogP contribution is 2.46. The first kappa shape index (κ1) is 21.1. The molecule has 3 aromatic rings. The van der Waals surface area contributed by atoms with Crippen molar-refractivity contribution in [2.45, 2.75) is 47.0 Å². The van der Waals surface area contributed by atoms with E-state index in [1.54, 1.807) is 0 Å². The van der Waals surface area contributed by atoms with Crippen LogP contribution in [-0.2, 0) is 10.5 Å². The van der Waals surface area contributed by atoms with Crippen molar-refractivity contribution in [3.63, 3.8) is 0 Å². The molecule has 2 nitrogen and oxygen atoms in total. The third kappa shape index (κ3) is 3.47. The van der Waals surface area contributed by atoms with Crippen molar-refractivity contribution < 1.29 is 9.90 Å². The third-order valence-corrected chi connectivity index (χ3v) is 6.52. The first-order chi connectivity index (χ1) is 13.9. The molecule has 0 bridgehead atoms. The minimum absolute atomic E-state index is 0.0234. The van der Waals surface area contributed by atoms with Gasteiger partial charge in [-0.2, -0.15) is 0 Å². The Morgan fingerprint density at radius 2 is 1.43 bits per heavy atom. The van der Waals surface area contributed by atoms with Crippen LogP contribution in [0.4, 0.5) is 0 Å². The average molecular weight is 509 g/mol. The number of halogens is 1. The molecule has 3 aromatic carbocycles. The number of carbonyl (C=O) groups excluding carboxylic acids is 1. The number of ketones is 1. The molecule has 0 amide bonds. The van der Waals surface area contributed by atoms with Crippen molar-refractivity contribution in [1.29, 1.82) is 0 Å². The van der Waals surface area contributed by atoms with Gasteiger partial charge >= 0.3 is 0 Å². The summed E-state index contributed by atoms with van der Waals surface area (Å²) in [5.74, 6) is 0.0468. The molecule has 1 aliphatic carbocycles. The van der Waals surface area contributed by atoms with Gasteiger partial charge in [-0.3, -0.25) is 9.90 Å². The molecule has 30 heavy (non-hydrogen) atoms. The van der Waals surface area contributed by atoms with Crippen molar-refractivity contribution in [3.05, 3.63) is 68.3 Å². The highest BCUT2D eigenvalue weighted by atomic mass is 127. The van der Waals surface area contributed by atoms with E-state index >= 15 is 0 Å². The van der Waals surface area contributed by atoms with Gasteiger partial charge in [0.15, 0.2) is 11.5 Å². The molecule has 0 saturated carbocycles. The molecule has 0 saturated heterocycles. The fourth-order valence-electron chi connectivity index (χ4n) is 4.15. The molecule has 1 aliphatic rings. The van der Waals surface area contributed by atoms with Crippen molar-refractivity contribution in [3.8, 4) is 16.9 Å². The van der Waals surface area contributed by atoms with Crippen LogP contribution in [0.5, 0.6) is 5.75 Å². The largest absolute Gasteiger partial charge is 0.289 e. The Balaban J connectivity index is 2.12. The molecule has 0 unspecified atom stereocenters. The van der Waals surface area contributed by atoms with Crippen molar-refractivity contribution >= 4 is 45.2 Å². The maximum absolute atomic E-state index is 13.5. The zero-order valence-electron chi connectivity index (χ0n) is 18.3. The maximum Gasteiger partial charge on any atom is 0.190 e. The standard InChI is InChI=1S/C27H26IO2/c1-26(2,3)21-13-17-14-22(27(4,5)6)25(30)20-12-16(11-19(23(17)20)24(21)29)15-7-9-18(28)10-8-15/h7-14H,1-6H3. The predicted octanol–water partition coefficient (Wildman–Crippen LogP) is 8.18. The normalized spacial score (nSPS) is 14.2. The van der Waals surface area contributed by atoms with E-state index < -0.39 is 0 Å². The van der Waals surface area contributed by atoms with Gasteiger partial charge in [-0.1, -0.05) is 53.7 Å². The minimum atomic E-state index is -0.280. The quantitative estimate of drug-likeness (QED) is 0.305. The second kappa shape index (κ2) is 6.94. The van der Waals surface area contributed by atoms with Crippen LogP contribution in [0.3, 0.4) is 0 Å². The van der Waals surface area contributed by atoms with E-state index in [1.807, 2.05) is 48.5 Å². The van der Waals surface area contributed by atoms with Crippen molar-refractivity contribution in [1.82, 2.24) is 0 Å². The summed E-state index contributed by atoms with van der Waals surface area (Å²) in [4.78, 5) is 13.5. The fourth-order valence-corrected chi connectivity index (χ4v) is 4.51. The Hall–Kier alpha value is -2.14. The fraction of sp³-hybridized carbons (Fsp3) is 0.296. The SMILES string of the molecule is CC(C)(C)C1=Cc2cc(C(C)(C)C)c([O])c3cc(-c4ccc(I)cc4)cc(c23)C1=O. The lowest BCUT2D eigenvalue weighted by Gasteiger charge is -2.29. The van der Waals surface area contributed by atoms with Crippen LogP contribution in [0.2, 0.25) is 0 Å². The number of Topliss-reactive ketones (excluding diaryl/α,β-unsaturated/α-hetero) is 1. The van der Waals surface area contributed by atoms with Gasteiger partial charge in [-0.05, 0) is 86.5 Å². The summed E-state index contributed by atoms with van der Waals surface area (Å²) in [5.41, 5.74) is 4.55. The zero-order chi connectivity index (χ0) is 22.0. The molecular formula is C27H26IO2. The van der Waals surface area contributed by atoms with Gasteiger partial charge in [0.2, 0.25) is 0 Å². The maximum atomic E-state index is 13.5. The molecule has 0 aromatic heterocycles. The van der Waals surface area contributed by atoms with E-state index in [4.69, 9.17) is 0 Å². The number of benzene rings is 3. The molecule has 0 fully saturated rings. The van der Waals surface area contributed by atoms with Gasteiger partial charge in [0.1, 0.15) is 0 Å². The van der Waals surface area contributed by atoms with Crippen molar-refractivity contribution in [2.24, 2.45) is 5.41 Å². The zero-order valence-corrected chi connectivity index (χ0v) is 20.5. The van der Waals surface area contributed by atoms with Crippen LogP contribution in [0, 0.1) is 8.99 Å². The smallest absolute Gasteiger partial charge is 0.190 e.